The van der Waals surface area contributed by atoms with Crippen molar-refractivity contribution >= 4 is 28.9 Å². The number of carbonyl (C=O) groups excluding carboxylic acids is 1. The number of hydrogen-bond acceptors (Lipinski definition) is 3. The first-order chi connectivity index (χ1) is 8.52. The Labute approximate surface area is 109 Å². The molecule has 1 unspecified atom stereocenters. The van der Waals surface area contributed by atoms with Crippen LogP contribution < -0.4 is 4.90 Å². The van der Waals surface area contributed by atoms with Crippen LogP contribution in [0.4, 0.5) is 11.4 Å². The van der Waals surface area contributed by atoms with E-state index in [9.17, 15) is 14.9 Å². The highest BCUT2D eigenvalue weighted by atomic mass is 35.5. The number of carbonyl (C=O) groups is 1. The van der Waals surface area contributed by atoms with Gasteiger partial charge in [-0.05, 0) is 24.5 Å². The topological polar surface area (TPSA) is 63.5 Å². The monoisotopic (exact) mass is 268 g/mol. The Balaban J connectivity index is 2.39. The second-order valence-corrected chi connectivity index (χ2v) is 4.79. The van der Waals surface area contributed by atoms with E-state index in [4.69, 9.17) is 11.6 Å². The number of nitro benzene ring substituents is 1. The summed E-state index contributed by atoms with van der Waals surface area (Å²) < 4.78 is 0. The van der Waals surface area contributed by atoms with Gasteiger partial charge in [0.05, 0.1) is 4.92 Å². The molecule has 1 heterocycles. The summed E-state index contributed by atoms with van der Waals surface area (Å²) in [6.45, 7) is 2.23. The zero-order chi connectivity index (χ0) is 13.3. The van der Waals surface area contributed by atoms with Gasteiger partial charge in [0, 0.05) is 24.9 Å². The largest absolute Gasteiger partial charge is 0.306 e. The number of nitro groups is 1. The molecule has 1 aliphatic rings. The highest BCUT2D eigenvalue weighted by molar-refractivity contribution is 6.18. The van der Waals surface area contributed by atoms with Crippen molar-refractivity contribution in [2.75, 3.05) is 17.3 Å². The first-order valence-electron chi connectivity index (χ1n) is 5.64. The Morgan fingerprint density at radius 1 is 1.56 bits per heavy atom. The minimum Gasteiger partial charge on any atom is -0.306 e. The van der Waals surface area contributed by atoms with Crippen molar-refractivity contribution in [3.8, 4) is 0 Å². The zero-order valence-corrected chi connectivity index (χ0v) is 10.7. The minimum absolute atomic E-state index is 0.0291. The van der Waals surface area contributed by atoms with Gasteiger partial charge in [-0.3, -0.25) is 14.9 Å². The van der Waals surface area contributed by atoms with Crippen LogP contribution in [-0.2, 0) is 4.79 Å². The van der Waals surface area contributed by atoms with Crippen LogP contribution in [0, 0.1) is 23.0 Å². The summed E-state index contributed by atoms with van der Waals surface area (Å²) in [7, 11) is 0. The lowest BCUT2D eigenvalue weighted by molar-refractivity contribution is -0.384. The number of amides is 1. The average molecular weight is 269 g/mol. The van der Waals surface area contributed by atoms with E-state index < -0.39 is 4.92 Å². The molecule has 1 amide bonds. The highest BCUT2D eigenvalue weighted by Crippen LogP contribution is 2.33. The minimum atomic E-state index is -0.455. The molecule has 1 aromatic rings. The van der Waals surface area contributed by atoms with Crippen LogP contribution in [0.15, 0.2) is 18.2 Å². The first kappa shape index (κ1) is 12.8. The van der Waals surface area contributed by atoms with Crippen LogP contribution in [0.3, 0.4) is 0 Å². The lowest BCUT2D eigenvalue weighted by Gasteiger charge is -2.16. The Morgan fingerprint density at radius 3 is 2.83 bits per heavy atom. The number of anilines is 1. The van der Waals surface area contributed by atoms with Gasteiger partial charge in [-0.25, -0.2) is 0 Å². The predicted molar refractivity (Wildman–Crippen MR) is 69.0 cm³/mol. The SMILES string of the molecule is Cc1ccc(N2CC(CCl)CC2=O)c([N+](=O)[O-])c1. The second-order valence-electron chi connectivity index (χ2n) is 4.48. The molecule has 0 aliphatic carbocycles. The normalized spacial score (nSPS) is 19.3. The third-order valence-corrected chi connectivity index (χ3v) is 3.48. The fourth-order valence-electron chi connectivity index (χ4n) is 2.13. The molecule has 0 saturated carbocycles. The molecule has 1 atom stereocenters. The standard InChI is InChI=1S/C12H13ClN2O3/c1-8-2-3-10(11(4-8)15(17)18)14-7-9(6-13)5-12(14)16/h2-4,9H,5-7H2,1H3. The molecule has 18 heavy (non-hydrogen) atoms. The molecule has 0 N–H and O–H groups in total. The molecule has 0 aromatic heterocycles. The number of hydrogen-bond donors (Lipinski definition) is 0. The van der Waals surface area contributed by atoms with Crippen LogP contribution >= 0.6 is 11.6 Å². The molecule has 1 aromatic carbocycles. The lowest BCUT2D eigenvalue weighted by Crippen LogP contribution is -2.25. The zero-order valence-electron chi connectivity index (χ0n) is 9.93. The third kappa shape index (κ3) is 2.31. The van der Waals surface area contributed by atoms with Gasteiger partial charge in [0.2, 0.25) is 5.91 Å². The first-order valence-corrected chi connectivity index (χ1v) is 6.17. The van der Waals surface area contributed by atoms with E-state index in [1.165, 1.54) is 11.0 Å². The van der Waals surface area contributed by atoms with Gasteiger partial charge in [-0.2, -0.15) is 0 Å². The van der Waals surface area contributed by atoms with E-state index in [2.05, 4.69) is 0 Å². The Kier molecular flexibility index (Phi) is 3.52. The smallest absolute Gasteiger partial charge is 0.293 e. The van der Waals surface area contributed by atoms with E-state index >= 15 is 0 Å². The molecule has 96 valence electrons. The summed E-state index contributed by atoms with van der Waals surface area (Å²) in [6.07, 6.45) is 0.356. The molecule has 0 bridgehead atoms. The second kappa shape index (κ2) is 4.94. The van der Waals surface area contributed by atoms with Crippen molar-refractivity contribution in [2.24, 2.45) is 5.92 Å². The van der Waals surface area contributed by atoms with Crippen molar-refractivity contribution in [2.45, 2.75) is 13.3 Å². The maximum absolute atomic E-state index is 11.8. The van der Waals surface area contributed by atoms with Gasteiger partial charge in [0.1, 0.15) is 5.69 Å². The van der Waals surface area contributed by atoms with E-state index in [-0.39, 0.29) is 17.5 Å². The van der Waals surface area contributed by atoms with Crippen molar-refractivity contribution < 1.29 is 9.72 Å². The summed E-state index contributed by atoms with van der Waals surface area (Å²) in [5.41, 5.74) is 1.13. The van der Waals surface area contributed by atoms with Crippen LogP contribution in [0.5, 0.6) is 0 Å². The molecular formula is C12H13ClN2O3. The molecule has 0 radical (unpaired) electrons. The molecular weight excluding hydrogens is 256 g/mol. The number of rotatable bonds is 3. The maximum atomic E-state index is 11.8. The van der Waals surface area contributed by atoms with E-state index in [1.54, 1.807) is 19.1 Å². The van der Waals surface area contributed by atoms with Gasteiger partial charge in [0.25, 0.3) is 5.69 Å². The van der Waals surface area contributed by atoms with Crippen molar-refractivity contribution in [3.05, 3.63) is 33.9 Å². The van der Waals surface area contributed by atoms with Crippen LogP contribution in [0.1, 0.15) is 12.0 Å². The van der Waals surface area contributed by atoms with Gasteiger partial charge < -0.3 is 4.90 Å². The van der Waals surface area contributed by atoms with Gasteiger partial charge in [0.15, 0.2) is 0 Å². The quantitative estimate of drug-likeness (QED) is 0.481. The number of halogens is 1. The summed E-state index contributed by atoms with van der Waals surface area (Å²) >= 11 is 5.74. The van der Waals surface area contributed by atoms with Crippen LogP contribution in [-0.4, -0.2) is 23.3 Å². The van der Waals surface area contributed by atoms with Crippen LogP contribution in [0.25, 0.3) is 0 Å². The van der Waals surface area contributed by atoms with E-state index in [0.29, 0.717) is 24.5 Å². The van der Waals surface area contributed by atoms with Gasteiger partial charge in [-0.15, -0.1) is 11.6 Å². The van der Waals surface area contributed by atoms with Crippen LogP contribution in [0.2, 0.25) is 0 Å². The lowest BCUT2D eigenvalue weighted by atomic mass is 10.1. The van der Waals surface area contributed by atoms with Gasteiger partial charge >= 0.3 is 0 Å². The number of alkyl halides is 1. The molecule has 5 nitrogen and oxygen atoms in total. The maximum Gasteiger partial charge on any atom is 0.293 e. The van der Waals surface area contributed by atoms with Gasteiger partial charge in [-0.1, -0.05) is 6.07 Å². The Bertz CT molecular complexity index is 504. The molecule has 6 heteroatoms. The third-order valence-electron chi connectivity index (χ3n) is 3.04. The van der Waals surface area contributed by atoms with E-state index in [0.717, 1.165) is 5.56 Å². The van der Waals surface area contributed by atoms with E-state index in [1.807, 2.05) is 0 Å². The average Bonchev–Trinajstić information content (AvgIpc) is 2.70. The van der Waals surface area contributed by atoms with Crippen molar-refractivity contribution in [1.82, 2.24) is 0 Å². The summed E-state index contributed by atoms with van der Waals surface area (Å²) in [4.78, 5) is 23.9. The highest BCUT2D eigenvalue weighted by Gasteiger charge is 2.33. The summed E-state index contributed by atoms with van der Waals surface area (Å²) in [5, 5.41) is 11.0. The molecule has 0 spiro atoms. The Morgan fingerprint density at radius 2 is 2.28 bits per heavy atom. The van der Waals surface area contributed by atoms with Crippen molar-refractivity contribution in [3.63, 3.8) is 0 Å². The molecule has 1 fully saturated rings. The number of aryl methyl sites for hydroxylation is 1. The molecule has 1 aliphatic heterocycles. The molecule has 2 rings (SSSR count). The molecule has 1 saturated heterocycles. The predicted octanol–water partition coefficient (Wildman–Crippen LogP) is 2.49. The fraction of sp³-hybridized carbons (Fsp3) is 0.417. The summed E-state index contributed by atoms with van der Waals surface area (Å²) in [5.74, 6) is 0.356. The fourth-order valence-corrected chi connectivity index (χ4v) is 2.33. The number of nitrogens with zero attached hydrogens (tertiary/aromatic N) is 2. The Hall–Kier alpha value is -1.62. The van der Waals surface area contributed by atoms with Crippen molar-refractivity contribution in [1.29, 1.82) is 0 Å². The number of benzene rings is 1. The summed E-state index contributed by atoms with van der Waals surface area (Å²) in [6, 6.07) is 4.88.